The third kappa shape index (κ3) is 4.70. The second-order valence-electron chi connectivity index (χ2n) is 7.72. The lowest BCUT2D eigenvalue weighted by Crippen LogP contribution is -2.56. The van der Waals surface area contributed by atoms with Gasteiger partial charge in [0, 0.05) is 29.0 Å². The summed E-state index contributed by atoms with van der Waals surface area (Å²) in [5.41, 5.74) is 4.96. The summed E-state index contributed by atoms with van der Waals surface area (Å²) in [4.78, 5) is 18.6. The molecule has 2 heterocycles. The van der Waals surface area contributed by atoms with Gasteiger partial charge in [0.15, 0.2) is 0 Å². The number of hydrogen-bond donors (Lipinski definition) is 0. The monoisotopic (exact) mass is 454 g/mol. The van der Waals surface area contributed by atoms with E-state index in [-0.39, 0.29) is 11.9 Å². The van der Waals surface area contributed by atoms with Gasteiger partial charge in [0.05, 0.1) is 12.6 Å². The molecule has 1 aromatic heterocycles. The first-order valence-electron chi connectivity index (χ1n) is 10.4. The maximum absolute atomic E-state index is 12.5. The maximum Gasteiger partial charge on any atom is 0.248 e. The minimum Gasteiger partial charge on any atom is -0.493 e. The molecule has 1 saturated heterocycles. The number of ether oxygens (including phenoxy) is 1. The summed E-state index contributed by atoms with van der Waals surface area (Å²) in [5.74, 6) is 0.658. The van der Waals surface area contributed by atoms with Gasteiger partial charge in [-0.2, -0.15) is 0 Å². The second-order valence-corrected chi connectivity index (χ2v) is 8.63. The molecule has 2 atom stereocenters. The largest absolute Gasteiger partial charge is 0.493 e. The van der Waals surface area contributed by atoms with Gasteiger partial charge in [0.2, 0.25) is 5.91 Å². The van der Waals surface area contributed by atoms with Crippen LogP contribution in [0, 0.1) is 6.92 Å². The van der Waals surface area contributed by atoms with E-state index >= 15 is 0 Å². The van der Waals surface area contributed by atoms with Gasteiger partial charge in [-0.1, -0.05) is 36.7 Å². The predicted octanol–water partition coefficient (Wildman–Crippen LogP) is 5.92. The summed E-state index contributed by atoms with van der Waals surface area (Å²) < 4.78 is 5.87. The molecule has 4 nitrogen and oxygen atoms in total. The summed E-state index contributed by atoms with van der Waals surface area (Å²) in [6.45, 7) is 4.61. The van der Waals surface area contributed by atoms with Crippen LogP contribution < -0.4 is 9.64 Å². The number of aromatic nitrogens is 1. The Balaban J connectivity index is 1.41. The zero-order valence-electron chi connectivity index (χ0n) is 17.5. The number of pyridine rings is 1. The van der Waals surface area contributed by atoms with Crippen LogP contribution in [-0.2, 0) is 17.6 Å². The smallest absolute Gasteiger partial charge is 0.248 e. The number of anilines is 1. The van der Waals surface area contributed by atoms with Crippen molar-refractivity contribution in [3.8, 4) is 5.75 Å². The Bertz CT molecular complexity index is 1050. The lowest BCUT2D eigenvalue weighted by molar-refractivity contribution is -0.123. The van der Waals surface area contributed by atoms with E-state index in [1.165, 1.54) is 5.56 Å². The zero-order chi connectivity index (χ0) is 22.0. The number of nitrogens with zero attached hydrogens (tertiary/aromatic N) is 2. The van der Waals surface area contributed by atoms with Crippen LogP contribution in [0.1, 0.15) is 35.3 Å². The van der Waals surface area contributed by atoms with E-state index in [1.54, 1.807) is 11.0 Å². The molecule has 1 amide bonds. The van der Waals surface area contributed by atoms with Crippen LogP contribution in [0.15, 0.2) is 60.8 Å². The molecule has 0 saturated carbocycles. The first-order valence-corrected chi connectivity index (χ1v) is 11.2. The van der Waals surface area contributed by atoms with Crippen LogP contribution in [0.5, 0.6) is 5.75 Å². The van der Waals surface area contributed by atoms with E-state index in [0.29, 0.717) is 11.6 Å². The quantitative estimate of drug-likeness (QED) is 0.328. The van der Waals surface area contributed by atoms with E-state index in [0.717, 1.165) is 41.1 Å². The fraction of sp³-hybridized carbons (Fsp3) is 0.280. The number of benzene rings is 2. The number of β-lactam (4-membered cyclic amide) rings is 1. The van der Waals surface area contributed by atoms with E-state index in [2.05, 4.69) is 18.0 Å². The molecule has 0 N–H and O–H groups in total. The molecular formula is C25H24Cl2N2O2. The topological polar surface area (TPSA) is 42.4 Å². The molecular weight excluding hydrogens is 431 g/mol. The number of hydrogen-bond acceptors (Lipinski definition) is 3. The van der Waals surface area contributed by atoms with E-state index in [9.17, 15) is 4.79 Å². The summed E-state index contributed by atoms with van der Waals surface area (Å²) in [6, 6.07) is 17.3. The lowest BCUT2D eigenvalue weighted by atomic mass is 9.92. The normalized spacial score (nSPS) is 18.1. The Morgan fingerprint density at radius 1 is 1.10 bits per heavy atom. The molecule has 2 unspecified atom stereocenters. The fourth-order valence-corrected chi connectivity index (χ4v) is 4.41. The first-order chi connectivity index (χ1) is 15.0. The number of rotatable bonds is 7. The van der Waals surface area contributed by atoms with Crippen LogP contribution in [0.2, 0.25) is 5.02 Å². The number of halogens is 2. The van der Waals surface area contributed by atoms with Crippen molar-refractivity contribution in [1.82, 2.24) is 4.98 Å². The van der Waals surface area contributed by atoms with Crippen LogP contribution >= 0.6 is 23.2 Å². The van der Waals surface area contributed by atoms with Gasteiger partial charge in [0.25, 0.3) is 0 Å². The number of carbonyl (C=O) groups is 1. The van der Waals surface area contributed by atoms with Crippen LogP contribution in [0.4, 0.5) is 5.69 Å². The molecule has 0 bridgehead atoms. The highest BCUT2D eigenvalue weighted by atomic mass is 35.5. The minimum absolute atomic E-state index is 0.116. The third-order valence-corrected chi connectivity index (χ3v) is 6.12. The number of amides is 1. The molecule has 160 valence electrons. The van der Waals surface area contributed by atoms with Gasteiger partial charge < -0.3 is 9.64 Å². The lowest BCUT2D eigenvalue weighted by Gasteiger charge is -2.44. The average Bonchev–Trinajstić information content (AvgIpc) is 2.77. The summed E-state index contributed by atoms with van der Waals surface area (Å²) in [7, 11) is 0. The number of aryl methyl sites for hydroxylation is 2. The Morgan fingerprint density at radius 3 is 2.52 bits per heavy atom. The molecule has 1 fully saturated rings. The molecule has 1 aliphatic heterocycles. The first kappa shape index (κ1) is 21.7. The van der Waals surface area contributed by atoms with E-state index in [1.807, 2.05) is 55.6 Å². The Labute approximate surface area is 192 Å². The summed E-state index contributed by atoms with van der Waals surface area (Å²) in [5, 5.41) is 0.00497. The second kappa shape index (κ2) is 9.29. The Hall–Kier alpha value is -2.56. The molecule has 0 spiro atoms. The fourth-order valence-electron chi connectivity index (χ4n) is 3.76. The van der Waals surface area contributed by atoms with E-state index in [4.69, 9.17) is 27.9 Å². The molecule has 3 aromatic rings. The van der Waals surface area contributed by atoms with Crippen molar-refractivity contribution in [1.29, 1.82) is 0 Å². The standard InChI is InChI=1S/C25H24Cl2N2O2/c1-3-17-4-7-20(28-15-17)10-11-31-22-8-5-18(6-9-22)24-23(27)25(30)29(24)21-13-16(2)12-19(26)14-21/h4-9,12-15,23-24H,3,10-11H2,1-2H3. The van der Waals surface area contributed by atoms with Crippen molar-refractivity contribution < 1.29 is 9.53 Å². The molecule has 6 heteroatoms. The Morgan fingerprint density at radius 2 is 1.87 bits per heavy atom. The van der Waals surface area contributed by atoms with Crippen LogP contribution in [0.25, 0.3) is 0 Å². The van der Waals surface area contributed by atoms with Crippen molar-refractivity contribution in [2.24, 2.45) is 0 Å². The van der Waals surface area contributed by atoms with Gasteiger partial charge in [0.1, 0.15) is 11.1 Å². The zero-order valence-corrected chi connectivity index (χ0v) is 19.0. The van der Waals surface area contributed by atoms with Crippen LogP contribution in [-0.4, -0.2) is 22.9 Å². The number of alkyl halides is 1. The summed E-state index contributed by atoms with van der Waals surface area (Å²) in [6.07, 6.45) is 3.65. The average molecular weight is 455 g/mol. The van der Waals surface area contributed by atoms with Crippen molar-refractivity contribution >= 4 is 34.8 Å². The minimum atomic E-state index is -0.594. The van der Waals surface area contributed by atoms with Crippen molar-refractivity contribution in [2.75, 3.05) is 11.5 Å². The highest BCUT2D eigenvalue weighted by Crippen LogP contribution is 2.43. The number of carbonyl (C=O) groups excluding carboxylic acids is 1. The molecule has 1 aliphatic rings. The Kier molecular flexibility index (Phi) is 6.49. The van der Waals surface area contributed by atoms with E-state index < -0.39 is 5.38 Å². The predicted molar refractivity (Wildman–Crippen MR) is 125 cm³/mol. The molecule has 31 heavy (non-hydrogen) atoms. The van der Waals surface area contributed by atoms with Gasteiger partial charge in [-0.3, -0.25) is 9.78 Å². The molecule has 4 rings (SSSR count). The molecule has 2 aromatic carbocycles. The highest BCUT2D eigenvalue weighted by Gasteiger charge is 2.47. The van der Waals surface area contributed by atoms with Crippen LogP contribution in [0.3, 0.4) is 0 Å². The molecule has 0 radical (unpaired) electrons. The maximum atomic E-state index is 12.5. The molecule has 0 aliphatic carbocycles. The van der Waals surface area contributed by atoms with Crippen molar-refractivity contribution in [3.05, 3.63) is 88.2 Å². The van der Waals surface area contributed by atoms with Gasteiger partial charge in [-0.15, -0.1) is 11.6 Å². The third-order valence-electron chi connectivity index (χ3n) is 5.48. The summed E-state index contributed by atoms with van der Waals surface area (Å²) >= 11 is 12.6. The van der Waals surface area contributed by atoms with Gasteiger partial charge in [-0.25, -0.2) is 0 Å². The van der Waals surface area contributed by atoms with Gasteiger partial charge in [-0.05, 0) is 66.4 Å². The van der Waals surface area contributed by atoms with Crippen molar-refractivity contribution in [3.63, 3.8) is 0 Å². The van der Waals surface area contributed by atoms with Gasteiger partial charge >= 0.3 is 0 Å². The SMILES string of the molecule is CCc1ccc(CCOc2ccc(C3C(Cl)C(=O)N3c3cc(C)cc(Cl)c3)cc2)nc1. The highest BCUT2D eigenvalue weighted by molar-refractivity contribution is 6.37. The van der Waals surface area contributed by atoms with Crippen molar-refractivity contribution in [2.45, 2.75) is 38.1 Å².